The zero-order valence-corrected chi connectivity index (χ0v) is 11.7. The molecule has 0 aromatic carbocycles. The van der Waals surface area contributed by atoms with Gasteiger partial charge >= 0.3 is 0 Å². The Bertz CT molecular complexity index is 186. The molecular weight excluding hydrogens is 214 g/mol. The minimum absolute atomic E-state index is 0.690. The van der Waals surface area contributed by atoms with Gasteiger partial charge < -0.3 is 15.0 Å². The molecule has 1 fully saturated rings. The van der Waals surface area contributed by atoms with Crippen molar-refractivity contribution < 1.29 is 4.74 Å². The van der Waals surface area contributed by atoms with Crippen LogP contribution in [0, 0.1) is 0 Å². The lowest BCUT2D eigenvalue weighted by Crippen LogP contribution is -2.51. The van der Waals surface area contributed by atoms with Crippen LogP contribution >= 0.6 is 0 Å². The fourth-order valence-electron chi connectivity index (χ4n) is 2.18. The molecule has 1 aliphatic rings. The lowest BCUT2D eigenvalue weighted by atomic mass is 10.1. The van der Waals surface area contributed by atoms with Crippen molar-refractivity contribution in [1.82, 2.24) is 15.1 Å². The van der Waals surface area contributed by atoms with Crippen LogP contribution in [0.3, 0.4) is 0 Å². The van der Waals surface area contributed by atoms with Gasteiger partial charge in [-0.15, -0.1) is 0 Å². The zero-order chi connectivity index (χ0) is 12.5. The van der Waals surface area contributed by atoms with Crippen molar-refractivity contribution in [3.8, 4) is 0 Å². The Labute approximate surface area is 106 Å². The summed E-state index contributed by atoms with van der Waals surface area (Å²) in [6.07, 6.45) is 2.56. The molecule has 1 rings (SSSR count). The normalized spacial score (nSPS) is 22.2. The van der Waals surface area contributed by atoms with Crippen LogP contribution < -0.4 is 5.32 Å². The van der Waals surface area contributed by atoms with Gasteiger partial charge in [0, 0.05) is 38.8 Å². The van der Waals surface area contributed by atoms with Crippen LogP contribution in [-0.2, 0) is 4.74 Å². The molecule has 0 amide bonds. The number of piperazine rings is 1. The Morgan fingerprint density at radius 3 is 2.88 bits per heavy atom. The molecule has 1 heterocycles. The van der Waals surface area contributed by atoms with Crippen molar-refractivity contribution in [2.75, 3.05) is 60.0 Å². The van der Waals surface area contributed by atoms with Crippen molar-refractivity contribution in [2.24, 2.45) is 0 Å². The smallest absolute Gasteiger partial charge is 0.0594 e. The molecule has 1 saturated heterocycles. The quantitative estimate of drug-likeness (QED) is 0.633. The van der Waals surface area contributed by atoms with Gasteiger partial charge in [0.1, 0.15) is 0 Å². The van der Waals surface area contributed by atoms with E-state index in [9.17, 15) is 0 Å². The molecule has 1 aliphatic heterocycles. The van der Waals surface area contributed by atoms with Crippen molar-refractivity contribution in [3.63, 3.8) is 0 Å². The second-order valence-electron chi connectivity index (χ2n) is 5.16. The highest BCUT2D eigenvalue weighted by Crippen LogP contribution is 2.04. The van der Waals surface area contributed by atoms with Crippen LogP contribution in [0.4, 0.5) is 0 Å². The summed E-state index contributed by atoms with van der Waals surface area (Å²) in [6, 6.07) is 0.690. The maximum Gasteiger partial charge on any atom is 0.0594 e. The van der Waals surface area contributed by atoms with Gasteiger partial charge in [0.2, 0.25) is 0 Å². The van der Waals surface area contributed by atoms with Crippen LogP contribution in [-0.4, -0.2) is 75.9 Å². The Morgan fingerprint density at radius 1 is 1.35 bits per heavy atom. The van der Waals surface area contributed by atoms with Crippen molar-refractivity contribution in [2.45, 2.75) is 25.8 Å². The first-order valence-electron chi connectivity index (χ1n) is 6.90. The van der Waals surface area contributed by atoms with Crippen LogP contribution in [0.5, 0.6) is 0 Å². The highest BCUT2D eigenvalue weighted by Gasteiger charge is 2.17. The molecule has 0 spiro atoms. The van der Waals surface area contributed by atoms with E-state index < -0.39 is 0 Å². The van der Waals surface area contributed by atoms with Crippen LogP contribution in [0.15, 0.2) is 0 Å². The van der Waals surface area contributed by atoms with Crippen LogP contribution in [0.2, 0.25) is 0 Å². The maximum absolute atomic E-state index is 5.64. The summed E-state index contributed by atoms with van der Waals surface area (Å²) < 4.78 is 5.64. The van der Waals surface area contributed by atoms with Gasteiger partial charge in [-0.3, -0.25) is 4.90 Å². The van der Waals surface area contributed by atoms with Crippen molar-refractivity contribution in [1.29, 1.82) is 0 Å². The van der Waals surface area contributed by atoms with Crippen molar-refractivity contribution >= 4 is 0 Å². The second-order valence-corrected chi connectivity index (χ2v) is 5.16. The van der Waals surface area contributed by atoms with Gasteiger partial charge in [-0.2, -0.15) is 0 Å². The standard InChI is InChI=1S/C13H29N3O/c1-4-5-13-12-16(7-6-14-13)9-11-17-10-8-15(2)3/h13-14H,4-12H2,1-3H3. The molecule has 102 valence electrons. The second kappa shape index (κ2) is 8.86. The van der Waals surface area contributed by atoms with Crippen LogP contribution in [0.25, 0.3) is 0 Å². The molecule has 0 aromatic heterocycles. The molecule has 0 aliphatic carbocycles. The summed E-state index contributed by atoms with van der Waals surface area (Å²) in [6.45, 7) is 9.54. The molecule has 4 nitrogen and oxygen atoms in total. The van der Waals surface area contributed by atoms with E-state index >= 15 is 0 Å². The average Bonchev–Trinajstić information content (AvgIpc) is 2.29. The van der Waals surface area contributed by atoms with Gasteiger partial charge in [0.15, 0.2) is 0 Å². The lowest BCUT2D eigenvalue weighted by Gasteiger charge is -2.33. The Balaban J connectivity index is 2.02. The summed E-state index contributed by atoms with van der Waals surface area (Å²) in [7, 11) is 4.16. The Hall–Kier alpha value is -0.160. The molecule has 0 aromatic rings. The number of nitrogens with zero attached hydrogens (tertiary/aromatic N) is 2. The predicted octanol–water partition coefficient (Wildman–Crippen LogP) is 0.639. The van der Waals surface area contributed by atoms with Gasteiger partial charge in [-0.1, -0.05) is 13.3 Å². The summed E-state index contributed by atoms with van der Waals surface area (Å²) in [5.74, 6) is 0. The van der Waals surface area contributed by atoms with Gasteiger partial charge in [0.05, 0.1) is 13.2 Å². The fourth-order valence-corrected chi connectivity index (χ4v) is 2.18. The van der Waals surface area contributed by atoms with E-state index in [1.54, 1.807) is 0 Å². The predicted molar refractivity (Wildman–Crippen MR) is 72.5 cm³/mol. The molecule has 0 saturated carbocycles. The monoisotopic (exact) mass is 243 g/mol. The topological polar surface area (TPSA) is 27.7 Å². The van der Waals surface area contributed by atoms with E-state index in [2.05, 4.69) is 36.1 Å². The number of ether oxygens (including phenoxy) is 1. The van der Waals surface area contributed by atoms with Gasteiger partial charge in [0.25, 0.3) is 0 Å². The van der Waals surface area contributed by atoms with Crippen molar-refractivity contribution in [3.05, 3.63) is 0 Å². The number of hydrogen-bond donors (Lipinski definition) is 1. The highest BCUT2D eigenvalue weighted by atomic mass is 16.5. The zero-order valence-electron chi connectivity index (χ0n) is 11.7. The average molecular weight is 243 g/mol. The summed E-state index contributed by atoms with van der Waals surface area (Å²) >= 11 is 0. The lowest BCUT2D eigenvalue weighted by molar-refractivity contribution is 0.0819. The number of nitrogens with one attached hydrogen (secondary N) is 1. The molecular formula is C13H29N3O. The number of rotatable bonds is 8. The van der Waals surface area contributed by atoms with E-state index in [4.69, 9.17) is 4.74 Å². The first kappa shape index (κ1) is 14.9. The Kier molecular flexibility index (Phi) is 7.77. The fraction of sp³-hybridized carbons (Fsp3) is 1.00. The maximum atomic E-state index is 5.64. The minimum atomic E-state index is 0.690. The third-order valence-electron chi connectivity index (χ3n) is 3.21. The summed E-state index contributed by atoms with van der Waals surface area (Å²) in [5.41, 5.74) is 0. The molecule has 1 N–H and O–H groups in total. The van der Waals surface area contributed by atoms with E-state index in [0.29, 0.717) is 6.04 Å². The first-order valence-corrected chi connectivity index (χ1v) is 6.90. The van der Waals surface area contributed by atoms with E-state index in [1.807, 2.05) is 0 Å². The first-order chi connectivity index (χ1) is 8.22. The molecule has 1 atom stereocenters. The highest BCUT2D eigenvalue weighted by molar-refractivity contribution is 4.77. The minimum Gasteiger partial charge on any atom is -0.379 e. The third-order valence-corrected chi connectivity index (χ3v) is 3.21. The molecule has 1 unspecified atom stereocenters. The molecule has 0 bridgehead atoms. The summed E-state index contributed by atoms with van der Waals surface area (Å²) in [5, 5.41) is 3.58. The van der Waals surface area contributed by atoms with Crippen LogP contribution in [0.1, 0.15) is 19.8 Å². The molecule has 0 radical (unpaired) electrons. The Morgan fingerprint density at radius 2 is 2.18 bits per heavy atom. The van der Waals surface area contributed by atoms with Gasteiger partial charge in [-0.05, 0) is 20.5 Å². The molecule has 17 heavy (non-hydrogen) atoms. The number of hydrogen-bond acceptors (Lipinski definition) is 4. The SMILES string of the molecule is CCCC1CN(CCOCCN(C)C)CCN1. The third kappa shape index (κ3) is 6.99. The van der Waals surface area contributed by atoms with E-state index in [1.165, 1.54) is 19.4 Å². The largest absolute Gasteiger partial charge is 0.379 e. The summed E-state index contributed by atoms with van der Waals surface area (Å²) in [4.78, 5) is 4.68. The number of likely N-dealkylation sites (N-methyl/N-ethyl adjacent to an activating group) is 1. The van der Waals surface area contributed by atoms with Gasteiger partial charge in [-0.25, -0.2) is 0 Å². The van der Waals surface area contributed by atoms with E-state index in [-0.39, 0.29) is 0 Å². The van der Waals surface area contributed by atoms with E-state index in [0.717, 1.165) is 39.4 Å². The molecule has 4 heteroatoms.